The van der Waals surface area contributed by atoms with E-state index in [1.165, 1.54) is 4.90 Å². The van der Waals surface area contributed by atoms with E-state index in [4.69, 9.17) is 22.1 Å². The molecule has 0 fully saturated rings. The van der Waals surface area contributed by atoms with Crippen LogP contribution in [0.1, 0.15) is 29.7 Å². The van der Waals surface area contributed by atoms with Gasteiger partial charge in [-0.1, -0.05) is 17.7 Å². The first-order valence-electron chi connectivity index (χ1n) is 7.51. The predicted octanol–water partition coefficient (Wildman–Crippen LogP) is 2.40. The van der Waals surface area contributed by atoms with Gasteiger partial charge in [0.1, 0.15) is 5.54 Å². The van der Waals surface area contributed by atoms with Gasteiger partial charge in [0, 0.05) is 17.8 Å². The molecule has 1 unspecified atom stereocenters. The van der Waals surface area contributed by atoms with Crippen molar-refractivity contribution < 1.29 is 9.53 Å². The van der Waals surface area contributed by atoms with Crippen LogP contribution in [0.4, 0.5) is 0 Å². The standard InChI is InChI=1S/C16H19ClN4O2S/c1-16(6-13(22)21(2)15(18)20-16)12-5-10(8-24-12)9-4-11(17)14(23-3)19-7-9/h4-5,8-9H,6-7H2,1-3H3,(H2,18,20)/t9?,16-/m0/s1. The van der Waals surface area contributed by atoms with E-state index in [1.54, 1.807) is 25.5 Å². The summed E-state index contributed by atoms with van der Waals surface area (Å²) < 4.78 is 5.12. The summed E-state index contributed by atoms with van der Waals surface area (Å²) in [6.45, 7) is 2.52. The first-order valence-corrected chi connectivity index (χ1v) is 8.77. The van der Waals surface area contributed by atoms with Gasteiger partial charge in [-0.15, -0.1) is 11.3 Å². The molecule has 0 aromatic carbocycles. The van der Waals surface area contributed by atoms with Crippen molar-refractivity contribution in [1.82, 2.24) is 4.90 Å². The molecular formula is C16H19ClN4O2S. The van der Waals surface area contributed by atoms with Gasteiger partial charge in [0.25, 0.3) is 0 Å². The SMILES string of the molecule is COC1=NCC(c2csc([C@]3(C)CC(=O)N(C)C(N)=N3)c2)C=C1Cl. The van der Waals surface area contributed by atoms with Crippen molar-refractivity contribution in [3.63, 3.8) is 0 Å². The Morgan fingerprint density at radius 1 is 1.54 bits per heavy atom. The molecule has 8 heteroatoms. The van der Waals surface area contributed by atoms with Crippen LogP contribution in [0.5, 0.6) is 0 Å². The molecule has 0 spiro atoms. The third kappa shape index (κ3) is 2.93. The molecule has 128 valence electrons. The fourth-order valence-corrected chi connectivity index (χ4v) is 4.17. The number of guanidine groups is 1. The van der Waals surface area contributed by atoms with Crippen molar-refractivity contribution in [2.45, 2.75) is 24.8 Å². The van der Waals surface area contributed by atoms with E-state index in [2.05, 4.69) is 21.4 Å². The van der Waals surface area contributed by atoms with E-state index in [1.807, 2.05) is 13.0 Å². The Labute approximate surface area is 149 Å². The van der Waals surface area contributed by atoms with Gasteiger partial charge in [0.05, 0.1) is 25.1 Å². The fourth-order valence-electron chi connectivity index (χ4n) is 2.80. The minimum absolute atomic E-state index is 0.0325. The topological polar surface area (TPSA) is 80.3 Å². The molecule has 0 radical (unpaired) electrons. The molecule has 0 bridgehead atoms. The molecule has 3 rings (SSSR count). The summed E-state index contributed by atoms with van der Waals surface area (Å²) in [5.74, 6) is 0.774. The van der Waals surface area contributed by atoms with Gasteiger partial charge in [0.2, 0.25) is 11.8 Å². The number of halogens is 1. The Bertz CT molecular complexity index is 770. The predicted molar refractivity (Wildman–Crippen MR) is 96.7 cm³/mol. The highest BCUT2D eigenvalue weighted by Gasteiger charge is 2.37. The van der Waals surface area contributed by atoms with E-state index in [0.717, 1.165) is 10.4 Å². The molecule has 0 saturated carbocycles. The molecule has 0 saturated heterocycles. The number of amides is 1. The van der Waals surface area contributed by atoms with Gasteiger partial charge in [0.15, 0.2) is 5.96 Å². The number of rotatable bonds is 2. The van der Waals surface area contributed by atoms with Crippen molar-refractivity contribution in [2.75, 3.05) is 20.7 Å². The lowest BCUT2D eigenvalue weighted by molar-refractivity contribution is -0.128. The third-order valence-electron chi connectivity index (χ3n) is 4.33. The molecule has 1 amide bonds. The Morgan fingerprint density at radius 2 is 2.29 bits per heavy atom. The average Bonchev–Trinajstić information content (AvgIpc) is 3.03. The van der Waals surface area contributed by atoms with Gasteiger partial charge in [-0.25, -0.2) is 9.98 Å². The summed E-state index contributed by atoms with van der Waals surface area (Å²) in [5.41, 5.74) is 6.36. The normalized spacial score (nSPS) is 27.5. The van der Waals surface area contributed by atoms with Crippen LogP contribution in [0.2, 0.25) is 0 Å². The monoisotopic (exact) mass is 366 g/mol. The number of thiophene rings is 1. The largest absolute Gasteiger partial charge is 0.480 e. The molecule has 6 nitrogen and oxygen atoms in total. The van der Waals surface area contributed by atoms with Crippen LogP contribution in [0.25, 0.3) is 0 Å². The highest BCUT2D eigenvalue weighted by molar-refractivity contribution is 7.10. The highest BCUT2D eigenvalue weighted by atomic mass is 35.5. The third-order valence-corrected chi connectivity index (χ3v) is 5.82. The van der Waals surface area contributed by atoms with Crippen LogP contribution in [0, 0.1) is 0 Å². The molecule has 2 aliphatic rings. The van der Waals surface area contributed by atoms with Crippen molar-refractivity contribution in [1.29, 1.82) is 0 Å². The second kappa shape index (κ2) is 6.22. The average molecular weight is 367 g/mol. The molecular weight excluding hydrogens is 348 g/mol. The minimum atomic E-state index is -0.625. The first kappa shape index (κ1) is 17.0. The summed E-state index contributed by atoms with van der Waals surface area (Å²) in [4.78, 5) is 23.4. The molecule has 1 aromatic rings. The molecule has 0 aliphatic carbocycles. The zero-order valence-corrected chi connectivity index (χ0v) is 15.3. The number of nitrogens with two attached hydrogens (primary N) is 1. The number of hydrogen-bond donors (Lipinski definition) is 1. The van der Waals surface area contributed by atoms with Gasteiger partial charge >= 0.3 is 0 Å². The summed E-state index contributed by atoms with van der Waals surface area (Å²) in [6, 6.07) is 2.07. The van der Waals surface area contributed by atoms with E-state index in [-0.39, 0.29) is 17.8 Å². The maximum Gasteiger partial charge on any atom is 0.231 e. The number of carbonyl (C=O) groups is 1. The second-order valence-electron chi connectivity index (χ2n) is 6.09. The fraction of sp³-hybridized carbons (Fsp3) is 0.438. The van der Waals surface area contributed by atoms with Crippen molar-refractivity contribution in [3.05, 3.63) is 33.0 Å². The van der Waals surface area contributed by atoms with Gasteiger partial charge in [-0.05, 0) is 23.9 Å². The Hall–Kier alpha value is -1.86. The van der Waals surface area contributed by atoms with Crippen LogP contribution in [-0.4, -0.2) is 43.4 Å². The number of hydrogen-bond acceptors (Lipinski definition) is 6. The Kier molecular flexibility index (Phi) is 4.40. The minimum Gasteiger partial charge on any atom is -0.480 e. The Morgan fingerprint density at radius 3 is 2.92 bits per heavy atom. The first-order chi connectivity index (χ1) is 11.3. The molecule has 2 atom stereocenters. The van der Waals surface area contributed by atoms with Crippen molar-refractivity contribution in [2.24, 2.45) is 15.7 Å². The van der Waals surface area contributed by atoms with Gasteiger partial charge < -0.3 is 10.5 Å². The lowest BCUT2D eigenvalue weighted by Gasteiger charge is -2.32. The van der Waals surface area contributed by atoms with E-state index in [9.17, 15) is 4.79 Å². The number of methoxy groups -OCH3 is 1. The molecule has 2 aliphatic heterocycles. The maximum atomic E-state index is 12.1. The van der Waals surface area contributed by atoms with E-state index < -0.39 is 5.54 Å². The number of aliphatic imine (C=N–C) groups is 2. The number of nitrogens with zero attached hydrogens (tertiary/aromatic N) is 3. The smallest absolute Gasteiger partial charge is 0.231 e. The van der Waals surface area contributed by atoms with E-state index in [0.29, 0.717) is 23.9 Å². The quantitative estimate of drug-likeness (QED) is 0.872. The van der Waals surface area contributed by atoms with Gasteiger partial charge in [-0.3, -0.25) is 9.69 Å². The van der Waals surface area contributed by atoms with Gasteiger partial charge in [-0.2, -0.15) is 0 Å². The van der Waals surface area contributed by atoms with Crippen molar-refractivity contribution >= 4 is 40.7 Å². The highest BCUT2D eigenvalue weighted by Crippen LogP contribution is 2.39. The molecule has 1 aromatic heterocycles. The summed E-state index contributed by atoms with van der Waals surface area (Å²) in [6.07, 6.45) is 2.25. The molecule has 24 heavy (non-hydrogen) atoms. The summed E-state index contributed by atoms with van der Waals surface area (Å²) in [5, 5.41) is 2.58. The van der Waals surface area contributed by atoms with Crippen LogP contribution in [-0.2, 0) is 15.1 Å². The second-order valence-corrected chi connectivity index (χ2v) is 7.41. The zero-order valence-electron chi connectivity index (χ0n) is 13.7. The van der Waals surface area contributed by atoms with Crippen LogP contribution in [0.3, 0.4) is 0 Å². The lowest BCUT2D eigenvalue weighted by atomic mass is 9.92. The lowest BCUT2D eigenvalue weighted by Crippen LogP contribution is -2.47. The zero-order chi connectivity index (χ0) is 17.5. The number of dihydropyridines is 1. The van der Waals surface area contributed by atoms with Crippen LogP contribution >= 0.6 is 22.9 Å². The maximum absolute atomic E-state index is 12.1. The molecule has 2 N–H and O–H groups in total. The van der Waals surface area contributed by atoms with Crippen LogP contribution in [0.15, 0.2) is 32.5 Å². The molecule has 3 heterocycles. The summed E-state index contributed by atoms with van der Waals surface area (Å²) in [7, 11) is 3.19. The summed E-state index contributed by atoms with van der Waals surface area (Å²) >= 11 is 7.76. The number of ether oxygens (including phenoxy) is 1. The van der Waals surface area contributed by atoms with Crippen molar-refractivity contribution in [3.8, 4) is 0 Å². The Balaban J connectivity index is 1.87. The number of carbonyl (C=O) groups excluding carboxylic acids is 1. The van der Waals surface area contributed by atoms with E-state index >= 15 is 0 Å². The van der Waals surface area contributed by atoms with Crippen LogP contribution < -0.4 is 5.73 Å².